The Morgan fingerprint density at radius 1 is 0.200 bits per heavy atom. The Balaban J connectivity index is 0.997. The van der Waals surface area contributed by atoms with Gasteiger partial charge in [-0.05, 0) is 124 Å². The third kappa shape index (κ3) is 7.73. The molecule has 6 heteroatoms. The van der Waals surface area contributed by atoms with Crippen LogP contribution < -0.4 is 0 Å². The van der Waals surface area contributed by atoms with Crippen molar-refractivity contribution in [3.05, 3.63) is 219 Å². The number of hydrogen-bond donors (Lipinski definition) is 0. The van der Waals surface area contributed by atoms with Crippen LogP contribution >= 0.6 is 0 Å². The van der Waals surface area contributed by atoms with E-state index in [0.717, 1.165) is 101 Å². The highest BCUT2D eigenvalue weighted by molar-refractivity contribution is 5.83. The van der Waals surface area contributed by atoms with E-state index in [9.17, 15) is 0 Å². The normalized spacial score (nSPS) is 11.0. The van der Waals surface area contributed by atoms with Gasteiger partial charge in [-0.3, -0.25) is 15.0 Å². The quantitative estimate of drug-likeness (QED) is 0.145. The fourth-order valence-corrected chi connectivity index (χ4v) is 7.44. The second kappa shape index (κ2) is 16.3. The van der Waals surface area contributed by atoms with Crippen LogP contribution in [0.25, 0.3) is 101 Å². The zero-order chi connectivity index (χ0) is 40.1. The highest BCUT2D eigenvalue weighted by atomic mass is 14.7. The van der Waals surface area contributed by atoms with Crippen molar-refractivity contribution < 1.29 is 0 Å². The van der Waals surface area contributed by atoms with Crippen LogP contribution in [-0.2, 0) is 0 Å². The first-order valence-corrected chi connectivity index (χ1v) is 19.8. The molecule has 0 spiro atoms. The maximum absolute atomic E-state index is 4.97. The van der Waals surface area contributed by atoms with E-state index in [2.05, 4.69) is 124 Å². The van der Waals surface area contributed by atoms with Crippen LogP contribution in [-0.4, -0.2) is 29.9 Å². The molecule has 60 heavy (non-hydrogen) atoms. The van der Waals surface area contributed by atoms with Gasteiger partial charge in [-0.1, -0.05) is 91.0 Å². The molecule has 0 aliphatic heterocycles. The van der Waals surface area contributed by atoms with Gasteiger partial charge < -0.3 is 0 Å². The van der Waals surface area contributed by atoms with E-state index in [0.29, 0.717) is 0 Å². The largest absolute Gasteiger partial charge is 0.264 e. The number of hydrogen-bond acceptors (Lipinski definition) is 6. The van der Waals surface area contributed by atoms with Crippen molar-refractivity contribution in [2.45, 2.75) is 0 Å². The Bertz CT molecular complexity index is 2700. The summed E-state index contributed by atoms with van der Waals surface area (Å²) in [4.78, 5) is 27.7. The highest BCUT2D eigenvalue weighted by Crippen LogP contribution is 2.36. The third-order valence-corrected chi connectivity index (χ3v) is 10.6. The van der Waals surface area contributed by atoms with Crippen molar-refractivity contribution in [3.8, 4) is 101 Å². The fraction of sp³-hybridized carbons (Fsp3) is 0. The van der Waals surface area contributed by atoms with E-state index in [4.69, 9.17) is 15.0 Å². The predicted octanol–water partition coefficient (Wildman–Crippen LogP) is 13.1. The highest BCUT2D eigenvalue weighted by Gasteiger charge is 2.12. The summed E-state index contributed by atoms with van der Waals surface area (Å²) in [5, 5.41) is 0. The molecule has 282 valence electrons. The van der Waals surface area contributed by atoms with Crippen molar-refractivity contribution in [1.29, 1.82) is 0 Å². The van der Waals surface area contributed by atoms with E-state index in [1.54, 1.807) is 18.6 Å². The lowest BCUT2D eigenvalue weighted by Crippen LogP contribution is -1.90. The molecule has 0 aliphatic carbocycles. The second-order valence-corrected chi connectivity index (χ2v) is 14.5. The molecule has 6 nitrogen and oxygen atoms in total. The smallest absolute Gasteiger partial charge is 0.0725 e. The van der Waals surface area contributed by atoms with Gasteiger partial charge in [0.2, 0.25) is 0 Å². The molecule has 0 fully saturated rings. The van der Waals surface area contributed by atoms with Crippen LogP contribution in [0.15, 0.2) is 219 Å². The van der Waals surface area contributed by atoms with E-state index in [1.807, 2.05) is 91.4 Å². The Morgan fingerprint density at radius 3 is 0.700 bits per heavy atom. The average Bonchev–Trinajstić information content (AvgIpc) is 3.35. The topological polar surface area (TPSA) is 77.3 Å². The minimum absolute atomic E-state index is 0.896. The van der Waals surface area contributed by atoms with E-state index < -0.39 is 0 Å². The SMILES string of the molecule is c1cncc(-c2cccc(-c3ccc(-c4cc(-c5ccc(-c6cccc(-c7cccnc7)n6)cc5)cc(-c5ccc(-c6cccc(-c7cccnc7)n6)cc5)c4)cc3)n2)c1. The first-order chi connectivity index (χ1) is 29.7. The Hall–Kier alpha value is -8.22. The fourth-order valence-electron chi connectivity index (χ4n) is 7.44. The van der Waals surface area contributed by atoms with E-state index in [-0.39, 0.29) is 0 Å². The molecule has 6 aromatic heterocycles. The number of pyridine rings is 6. The van der Waals surface area contributed by atoms with Gasteiger partial charge in [0.25, 0.3) is 0 Å². The van der Waals surface area contributed by atoms with Gasteiger partial charge >= 0.3 is 0 Å². The van der Waals surface area contributed by atoms with Crippen LogP contribution in [0.2, 0.25) is 0 Å². The lowest BCUT2D eigenvalue weighted by Gasteiger charge is -2.13. The summed E-state index contributed by atoms with van der Waals surface area (Å²) in [6.07, 6.45) is 10.9. The van der Waals surface area contributed by atoms with Gasteiger partial charge in [0.1, 0.15) is 0 Å². The first kappa shape index (κ1) is 36.1. The standard InChI is InChI=1S/C54H36N6/c1-10-49(58-52(13-1)43-7-4-28-55-34-43)40-22-16-37(17-23-40)46-31-47(38-18-24-41(25-19-38)50-11-2-14-53(59-50)44-8-5-29-56-35-44)33-48(32-46)39-20-26-42(27-21-39)51-12-3-15-54(60-51)45-9-6-30-57-36-45/h1-36H. The molecule has 10 rings (SSSR count). The minimum Gasteiger partial charge on any atom is -0.264 e. The molecule has 4 aromatic carbocycles. The van der Waals surface area contributed by atoms with Crippen molar-refractivity contribution >= 4 is 0 Å². The first-order valence-electron chi connectivity index (χ1n) is 19.8. The molecule has 0 aliphatic rings. The maximum atomic E-state index is 4.97. The summed E-state index contributed by atoms with van der Waals surface area (Å²) < 4.78 is 0. The van der Waals surface area contributed by atoms with Crippen molar-refractivity contribution in [2.24, 2.45) is 0 Å². The molecular formula is C54H36N6. The van der Waals surface area contributed by atoms with Crippen molar-refractivity contribution in [1.82, 2.24) is 29.9 Å². The second-order valence-electron chi connectivity index (χ2n) is 14.5. The molecular weight excluding hydrogens is 733 g/mol. The molecule has 10 aromatic rings. The number of rotatable bonds is 9. The molecule has 0 saturated heterocycles. The summed E-state index contributed by atoms with van der Waals surface area (Å²) in [6, 6.07) is 63.1. The van der Waals surface area contributed by atoms with Gasteiger partial charge in [0, 0.05) is 70.6 Å². The minimum atomic E-state index is 0.896. The van der Waals surface area contributed by atoms with Gasteiger partial charge in [0.15, 0.2) is 0 Å². The van der Waals surface area contributed by atoms with Crippen LogP contribution in [0.4, 0.5) is 0 Å². The summed E-state index contributed by atoms with van der Waals surface area (Å²) in [5.41, 5.74) is 18.3. The Morgan fingerprint density at radius 2 is 0.450 bits per heavy atom. The molecule has 0 atom stereocenters. The third-order valence-electron chi connectivity index (χ3n) is 10.6. The van der Waals surface area contributed by atoms with Crippen LogP contribution in [0.5, 0.6) is 0 Å². The van der Waals surface area contributed by atoms with Crippen LogP contribution in [0.1, 0.15) is 0 Å². The predicted molar refractivity (Wildman–Crippen MR) is 242 cm³/mol. The zero-order valence-electron chi connectivity index (χ0n) is 32.5. The molecule has 0 bridgehead atoms. The molecule has 0 saturated carbocycles. The average molecular weight is 769 g/mol. The number of benzene rings is 4. The Labute approximate surface area is 348 Å². The lowest BCUT2D eigenvalue weighted by molar-refractivity contribution is 1.28. The van der Waals surface area contributed by atoms with Crippen LogP contribution in [0.3, 0.4) is 0 Å². The summed E-state index contributed by atoms with van der Waals surface area (Å²) >= 11 is 0. The summed E-state index contributed by atoms with van der Waals surface area (Å²) in [6.45, 7) is 0. The zero-order valence-corrected chi connectivity index (χ0v) is 32.5. The van der Waals surface area contributed by atoms with E-state index in [1.165, 1.54) is 0 Å². The molecule has 6 heterocycles. The molecule has 0 radical (unpaired) electrons. The van der Waals surface area contributed by atoms with E-state index >= 15 is 0 Å². The molecule has 0 unspecified atom stereocenters. The van der Waals surface area contributed by atoms with Gasteiger partial charge in [-0.25, -0.2) is 15.0 Å². The Kier molecular flexibility index (Phi) is 9.84. The molecule has 0 N–H and O–H groups in total. The van der Waals surface area contributed by atoms with Gasteiger partial charge in [-0.2, -0.15) is 0 Å². The monoisotopic (exact) mass is 768 g/mol. The van der Waals surface area contributed by atoms with Crippen molar-refractivity contribution in [2.75, 3.05) is 0 Å². The molecule has 0 amide bonds. The summed E-state index contributed by atoms with van der Waals surface area (Å²) in [5.74, 6) is 0. The van der Waals surface area contributed by atoms with Crippen molar-refractivity contribution in [3.63, 3.8) is 0 Å². The lowest BCUT2D eigenvalue weighted by atomic mass is 9.92. The van der Waals surface area contributed by atoms with Gasteiger partial charge in [0.05, 0.1) is 34.2 Å². The number of aromatic nitrogens is 6. The van der Waals surface area contributed by atoms with Gasteiger partial charge in [-0.15, -0.1) is 0 Å². The number of nitrogens with zero attached hydrogens (tertiary/aromatic N) is 6. The maximum Gasteiger partial charge on any atom is 0.0725 e. The summed E-state index contributed by atoms with van der Waals surface area (Å²) in [7, 11) is 0. The van der Waals surface area contributed by atoms with Crippen LogP contribution in [0, 0.1) is 0 Å².